The maximum atomic E-state index is 7.27. The van der Waals surface area contributed by atoms with Crippen molar-refractivity contribution in [2.75, 3.05) is 37.6 Å². The predicted octanol–water partition coefficient (Wildman–Crippen LogP) is 1.70. The Morgan fingerprint density at radius 1 is 1.16 bits per heavy atom. The number of nitrogens with one attached hydrogen (secondary N) is 1. The summed E-state index contributed by atoms with van der Waals surface area (Å²) in [6, 6.07) is 8.89. The predicted molar refractivity (Wildman–Crippen MR) is 81.0 cm³/mol. The smallest absolute Gasteiger partial charge is 0.0918 e. The van der Waals surface area contributed by atoms with Gasteiger partial charge in [-0.15, -0.1) is 0 Å². The lowest BCUT2D eigenvalue weighted by atomic mass is 10.1. The number of nitrogens with two attached hydrogens (primary N) is 1. The van der Waals surface area contributed by atoms with Crippen LogP contribution in [0, 0.1) is 5.41 Å². The van der Waals surface area contributed by atoms with Gasteiger partial charge in [0.1, 0.15) is 0 Å². The normalized spacial score (nSPS) is 16.6. The SMILES string of the molecule is CCc1ccc(N2CCN(CCC(=N)N)CC2)cc1. The largest absolute Gasteiger partial charge is 0.388 e. The summed E-state index contributed by atoms with van der Waals surface area (Å²) in [7, 11) is 0. The fourth-order valence-corrected chi connectivity index (χ4v) is 2.45. The molecule has 0 atom stereocenters. The molecule has 1 aromatic carbocycles. The molecular weight excluding hydrogens is 236 g/mol. The minimum absolute atomic E-state index is 0.289. The van der Waals surface area contributed by atoms with Gasteiger partial charge in [0.05, 0.1) is 5.84 Å². The lowest BCUT2D eigenvalue weighted by molar-refractivity contribution is 0.264. The average Bonchev–Trinajstić information content (AvgIpc) is 2.46. The van der Waals surface area contributed by atoms with Crippen LogP contribution >= 0.6 is 0 Å². The molecule has 2 rings (SSSR count). The molecule has 1 heterocycles. The summed E-state index contributed by atoms with van der Waals surface area (Å²) < 4.78 is 0. The van der Waals surface area contributed by atoms with E-state index in [0.717, 1.165) is 39.1 Å². The number of anilines is 1. The van der Waals surface area contributed by atoms with E-state index in [1.807, 2.05) is 0 Å². The van der Waals surface area contributed by atoms with Crippen LogP contribution in [-0.2, 0) is 6.42 Å². The van der Waals surface area contributed by atoms with Crippen LogP contribution in [0.15, 0.2) is 24.3 Å². The second kappa shape index (κ2) is 6.57. The summed E-state index contributed by atoms with van der Waals surface area (Å²) >= 11 is 0. The number of nitrogens with zero attached hydrogens (tertiary/aromatic N) is 2. The Balaban J connectivity index is 1.83. The van der Waals surface area contributed by atoms with E-state index in [1.165, 1.54) is 11.3 Å². The molecular formula is C15H24N4. The fraction of sp³-hybridized carbons (Fsp3) is 0.533. The van der Waals surface area contributed by atoms with E-state index in [9.17, 15) is 0 Å². The molecule has 0 amide bonds. The highest BCUT2D eigenvalue weighted by atomic mass is 15.3. The first kappa shape index (κ1) is 13.9. The van der Waals surface area contributed by atoms with Gasteiger partial charge in [0.2, 0.25) is 0 Å². The van der Waals surface area contributed by atoms with Crippen molar-refractivity contribution < 1.29 is 0 Å². The number of aryl methyl sites for hydroxylation is 1. The monoisotopic (exact) mass is 260 g/mol. The number of amidine groups is 1. The van der Waals surface area contributed by atoms with Crippen molar-refractivity contribution in [1.82, 2.24) is 4.90 Å². The summed E-state index contributed by atoms with van der Waals surface area (Å²) in [6.07, 6.45) is 1.78. The summed E-state index contributed by atoms with van der Waals surface area (Å²) in [6.45, 7) is 7.33. The topological polar surface area (TPSA) is 56.4 Å². The number of hydrogen-bond donors (Lipinski definition) is 2. The maximum Gasteiger partial charge on any atom is 0.0918 e. The van der Waals surface area contributed by atoms with Crippen LogP contribution < -0.4 is 10.6 Å². The third-order valence-electron chi connectivity index (χ3n) is 3.78. The molecule has 0 radical (unpaired) electrons. The summed E-state index contributed by atoms with van der Waals surface area (Å²) in [5.41, 5.74) is 8.12. The number of piperazine rings is 1. The highest BCUT2D eigenvalue weighted by Crippen LogP contribution is 2.17. The van der Waals surface area contributed by atoms with Crippen LogP contribution in [-0.4, -0.2) is 43.5 Å². The van der Waals surface area contributed by atoms with Crippen LogP contribution in [0.25, 0.3) is 0 Å². The molecule has 104 valence electrons. The lowest BCUT2D eigenvalue weighted by Gasteiger charge is -2.36. The van der Waals surface area contributed by atoms with Gasteiger partial charge in [-0.25, -0.2) is 0 Å². The first-order chi connectivity index (χ1) is 9.19. The molecule has 1 aliphatic rings. The molecule has 1 saturated heterocycles. The van der Waals surface area contributed by atoms with E-state index in [4.69, 9.17) is 11.1 Å². The zero-order chi connectivity index (χ0) is 13.7. The van der Waals surface area contributed by atoms with Crippen molar-refractivity contribution in [2.24, 2.45) is 5.73 Å². The van der Waals surface area contributed by atoms with Crippen molar-refractivity contribution in [3.8, 4) is 0 Å². The van der Waals surface area contributed by atoms with Gasteiger partial charge in [-0.2, -0.15) is 0 Å². The summed E-state index contributed by atoms with van der Waals surface area (Å²) in [4.78, 5) is 4.82. The van der Waals surface area contributed by atoms with Crippen LogP contribution in [0.4, 0.5) is 5.69 Å². The van der Waals surface area contributed by atoms with Crippen molar-refractivity contribution in [3.63, 3.8) is 0 Å². The Morgan fingerprint density at radius 3 is 2.32 bits per heavy atom. The quantitative estimate of drug-likeness (QED) is 0.626. The average molecular weight is 260 g/mol. The molecule has 19 heavy (non-hydrogen) atoms. The van der Waals surface area contributed by atoms with E-state index in [1.54, 1.807) is 0 Å². The van der Waals surface area contributed by atoms with Crippen molar-refractivity contribution in [1.29, 1.82) is 5.41 Å². The Kier molecular flexibility index (Phi) is 4.80. The van der Waals surface area contributed by atoms with Crippen LogP contribution in [0.5, 0.6) is 0 Å². The standard InChI is InChI=1S/C15H24N4/c1-2-13-3-5-14(6-4-13)19-11-9-18(10-12-19)8-7-15(16)17/h3-6H,2,7-12H2,1H3,(H3,16,17). The summed E-state index contributed by atoms with van der Waals surface area (Å²) in [5, 5.41) is 7.27. The van der Waals surface area contributed by atoms with E-state index >= 15 is 0 Å². The lowest BCUT2D eigenvalue weighted by Crippen LogP contribution is -2.47. The zero-order valence-corrected chi connectivity index (χ0v) is 11.7. The molecule has 4 heteroatoms. The van der Waals surface area contributed by atoms with Crippen LogP contribution in [0.3, 0.4) is 0 Å². The molecule has 0 unspecified atom stereocenters. The molecule has 0 aromatic heterocycles. The first-order valence-corrected chi connectivity index (χ1v) is 7.08. The van der Waals surface area contributed by atoms with Gasteiger partial charge >= 0.3 is 0 Å². The van der Waals surface area contributed by atoms with Gasteiger partial charge in [-0.05, 0) is 24.1 Å². The zero-order valence-electron chi connectivity index (χ0n) is 11.7. The number of rotatable bonds is 5. The molecule has 0 saturated carbocycles. The molecule has 0 aliphatic carbocycles. The van der Waals surface area contributed by atoms with Gasteiger partial charge < -0.3 is 10.6 Å². The highest BCUT2D eigenvalue weighted by molar-refractivity contribution is 5.76. The van der Waals surface area contributed by atoms with Crippen LogP contribution in [0.1, 0.15) is 18.9 Å². The Morgan fingerprint density at radius 2 is 1.79 bits per heavy atom. The van der Waals surface area contributed by atoms with Crippen molar-refractivity contribution >= 4 is 11.5 Å². The molecule has 4 nitrogen and oxygen atoms in total. The summed E-state index contributed by atoms with van der Waals surface area (Å²) in [5.74, 6) is 0.289. The van der Waals surface area contributed by atoms with Crippen molar-refractivity contribution in [2.45, 2.75) is 19.8 Å². The van der Waals surface area contributed by atoms with E-state index in [0.29, 0.717) is 6.42 Å². The third kappa shape index (κ3) is 3.96. The molecule has 1 aliphatic heterocycles. The van der Waals surface area contributed by atoms with E-state index < -0.39 is 0 Å². The molecule has 0 spiro atoms. The van der Waals surface area contributed by atoms with Gasteiger partial charge in [0, 0.05) is 44.8 Å². The Bertz CT molecular complexity index is 405. The molecule has 0 bridgehead atoms. The van der Waals surface area contributed by atoms with Gasteiger partial charge in [0.25, 0.3) is 0 Å². The second-order valence-electron chi connectivity index (χ2n) is 5.12. The highest BCUT2D eigenvalue weighted by Gasteiger charge is 2.16. The van der Waals surface area contributed by atoms with Gasteiger partial charge in [-0.3, -0.25) is 10.3 Å². The minimum Gasteiger partial charge on any atom is -0.388 e. The molecule has 1 fully saturated rings. The Hall–Kier alpha value is -1.55. The number of benzene rings is 1. The van der Waals surface area contributed by atoms with Gasteiger partial charge in [0.15, 0.2) is 0 Å². The minimum atomic E-state index is 0.289. The van der Waals surface area contributed by atoms with Crippen LogP contribution in [0.2, 0.25) is 0 Å². The number of hydrogen-bond acceptors (Lipinski definition) is 3. The van der Waals surface area contributed by atoms with E-state index in [-0.39, 0.29) is 5.84 Å². The molecule has 3 N–H and O–H groups in total. The van der Waals surface area contributed by atoms with Gasteiger partial charge in [-0.1, -0.05) is 19.1 Å². The first-order valence-electron chi connectivity index (χ1n) is 7.08. The third-order valence-corrected chi connectivity index (χ3v) is 3.78. The van der Waals surface area contributed by atoms with E-state index in [2.05, 4.69) is 41.0 Å². The Labute approximate surface area is 115 Å². The van der Waals surface area contributed by atoms with Crippen molar-refractivity contribution in [3.05, 3.63) is 29.8 Å². The second-order valence-corrected chi connectivity index (χ2v) is 5.12. The fourth-order valence-electron chi connectivity index (χ4n) is 2.45. The maximum absolute atomic E-state index is 7.27. The molecule has 1 aromatic rings.